The number of nitrogens with zero attached hydrogens (tertiary/aromatic N) is 1. The van der Waals surface area contributed by atoms with E-state index in [1.54, 1.807) is 0 Å². The molecule has 0 saturated carbocycles. The smallest absolute Gasteiger partial charge is 0.319 e. The molecule has 0 spiro atoms. The monoisotopic (exact) mass is 325 g/mol. The van der Waals surface area contributed by atoms with Crippen molar-refractivity contribution in [2.24, 2.45) is 0 Å². The average molecular weight is 325 g/mol. The lowest BCUT2D eigenvalue weighted by molar-refractivity contribution is 0.0417. The van der Waals surface area contributed by atoms with E-state index in [4.69, 9.17) is 0 Å². The number of aliphatic hydroxyl groups is 1. The molecule has 2 amide bonds. The molecule has 0 heterocycles. The molecule has 0 radical (unpaired) electrons. The highest BCUT2D eigenvalue weighted by Gasteiger charge is 2.36. The summed E-state index contributed by atoms with van der Waals surface area (Å²) < 4.78 is 0. The first-order valence-corrected chi connectivity index (χ1v) is 8.11. The minimum absolute atomic E-state index is 0.200. The van der Waals surface area contributed by atoms with Crippen LogP contribution < -0.4 is 15.5 Å². The van der Waals surface area contributed by atoms with Crippen molar-refractivity contribution >= 4 is 17.4 Å². The van der Waals surface area contributed by atoms with E-state index in [0.717, 1.165) is 28.9 Å². The lowest BCUT2D eigenvalue weighted by atomic mass is 9.96. The maximum absolute atomic E-state index is 12.1. The molecule has 0 aromatic heterocycles. The molecule has 2 aromatic rings. The van der Waals surface area contributed by atoms with Gasteiger partial charge in [-0.1, -0.05) is 24.3 Å². The Morgan fingerprint density at radius 3 is 2.58 bits per heavy atom. The lowest BCUT2D eigenvalue weighted by Crippen LogP contribution is -2.41. The van der Waals surface area contributed by atoms with E-state index in [1.165, 1.54) is 0 Å². The highest BCUT2D eigenvalue weighted by Crippen LogP contribution is 2.36. The summed E-state index contributed by atoms with van der Waals surface area (Å²) in [7, 11) is 3.94. The van der Waals surface area contributed by atoms with Crippen molar-refractivity contribution in [3.63, 3.8) is 0 Å². The predicted octanol–water partition coefficient (Wildman–Crippen LogP) is 2.71. The van der Waals surface area contributed by atoms with E-state index in [-0.39, 0.29) is 12.6 Å². The molecule has 1 aliphatic rings. The summed E-state index contributed by atoms with van der Waals surface area (Å²) in [6.07, 6.45) is 1.46. The number of urea groups is 1. The molecular formula is C19H23N3O2. The SMILES string of the molecule is CN(C)c1ccc(NC(=O)NC[C@]2(O)CCc3ccccc32)cc1. The second-order valence-corrected chi connectivity index (χ2v) is 6.44. The van der Waals surface area contributed by atoms with Gasteiger partial charge in [-0.2, -0.15) is 0 Å². The molecule has 24 heavy (non-hydrogen) atoms. The zero-order valence-electron chi connectivity index (χ0n) is 14.0. The average Bonchev–Trinajstić information content (AvgIpc) is 2.92. The molecule has 5 nitrogen and oxygen atoms in total. The molecular weight excluding hydrogens is 302 g/mol. The van der Waals surface area contributed by atoms with Crippen molar-refractivity contribution in [2.45, 2.75) is 18.4 Å². The molecule has 126 valence electrons. The number of aryl methyl sites for hydroxylation is 1. The second kappa shape index (κ2) is 6.53. The molecule has 0 aliphatic heterocycles. The zero-order valence-corrected chi connectivity index (χ0v) is 14.0. The highest BCUT2D eigenvalue weighted by atomic mass is 16.3. The summed E-state index contributed by atoms with van der Waals surface area (Å²) in [6, 6.07) is 15.1. The van der Waals surface area contributed by atoms with Crippen LogP contribution in [0.3, 0.4) is 0 Å². The van der Waals surface area contributed by atoms with E-state index < -0.39 is 5.60 Å². The largest absolute Gasteiger partial charge is 0.383 e. The van der Waals surface area contributed by atoms with Crippen molar-refractivity contribution in [3.8, 4) is 0 Å². The van der Waals surface area contributed by atoms with Crippen molar-refractivity contribution in [1.82, 2.24) is 5.32 Å². The number of fused-ring (bicyclic) bond motifs is 1. The van der Waals surface area contributed by atoms with Gasteiger partial charge in [0.2, 0.25) is 0 Å². The third-order valence-corrected chi connectivity index (χ3v) is 4.51. The van der Waals surface area contributed by atoms with Gasteiger partial charge in [0.15, 0.2) is 0 Å². The van der Waals surface area contributed by atoms with Gasteiger partial charge in [-0.25, -0.2) is 4.79 Å². The molecule has 0 unspecified atom stereocenters. The van der Waals surface area contributed by atoms with Gasteiger partial charge in [0.25, 0.3) is 0 Å². The number of carbonyl (C=O) groups is 1. The standard InChI is InChI=1S/C19H23N3O2/c1-22(2)16-9-7-15(8-10-16)21-18(23)20-13-19(24)12-11-14-5-3-4-6-17(14)19/h3-10,24H,11-13H2,1-2H3,(H2,20,21,23)/t19-/m1/s1. The Hall–Kier alpha value is -2.53. The molecule has 2 aromatic carbocycles. The minimum Gasteiger partial charge on any atom is -0.383 e. The van der Waals surface area contributed by atoms with E-state index in [1.807, 2.05) is 67.5 Å². The van der Waals surface area contributed by atoms with Gasteiger partial charge < -0.3 is 20.6 Å². The fraction of sp³-hybridized carbons (Fsp3) is 0.316. The Kier molecular flexibility index (Phi) is 4.44. The molecule has 0 fully saturated rings. The number of hydrogen-bond donors (Lipinski definition) is 3. The molecule has 5 heteroatoms. The summed E-state index contributed by atoms with van der Waals surface area (Å²) in [5, 5.41) is 16.4. The second-order valence-electron chi connectivity index (χ2n) is 6.44. The lowest BCUT2D eigenvalue weighted by Gasteiger charge is -2.24. The van der Waals surface area contributed by atoms with E-state index in [2.05, 4.69) is 10.6 Å². The van der Waals surface area contributed by atoms with Gasteiger partial charge in [0.1, 0.15) is 5.60 Å². The Balaban J connectivity index is 1.58. The van der Waals surface area contributed by atoms with Crippen LogP contribution in [0.4, 0.5) is 16.2 Å². The highest BCUT2D eigenvalue weighted by molar-refractivity contribution is 5.89. The van der Waals surface area contributed by atoms with Crippen LogP contribution in [0.25, 0.3) is 0 Å². The number of hydrogen-bond acceptors (Lipinski definition) is 3. The van der Waals surface area contributed by atoms with Crippen LogP contribution in [-0.2, 0) is 12.0 Å². The van der Waals surface area contributed by atoms with Gasteiger partial charge in [-0.15, -0.1) is 0 Å². The van der Waals surface area contributed by atoms with Crippen LogP contribution >= 0.6 is 0 Å². The quantitative estimate of drug-likeness (QED) is 0.810. The maximum atomic E-state index is 12.1. The van der Waals surface area contributed by atoms with E-state index in [0.29, 0.717) is 6.42 Å². The van der Waals surface area contributed by atoms with Crippen LogP contribution in [0.5, 0.6) is 0 Å². The first kappa shape index (κ1) is 16.3. The van der Waals surface area contributed by atoms with Crippen molar-refractivity contribution in [2.75, 3.05) is 30.9 Å². The zero-order chi connectivity index (χ0) is 17.2. The first-order chi connectivity index (χ1) is 11.5. The Morgan fingerprint density at radius 1 is 1.17 bits per heavy atom. The molecule has 1 aliphatic carbocycles. The molecule has 3 N–H and O–H groups in total. The minimum atomic E-state index is -0.983. The number of nitrogens with one attached hydrogen (secondary N) is 2. The Labute approximate surface area is 142 Å². The van der Waals surface area contributed by atoms with Gasteiger partial charge in [-0.3, -0.25) is 0 Å². The number of benzene rings is 2. The maximum Gasteiger partial charge on any atom is 0.319 e. The van der Waals surface area contributed by atoms with Gasteiger partial charge in [0.05, 0.1) is 6.54 Å². The van der Waals surface area contributed by atoms with Crippen LogP contribution in [0, 0.1) is 0 Å². The van der Waals surface area contributed by atoms with Gasteiger partial charge in [0, 0.05) is 25.5 Å². The summed E-state index contributed by atoms with van der Waals surface area (Å²) in [5.41, 5.74) is 2.87. The molecule has 0 saturated heterocycles. The van der Waals surface area contributed by atoms with Crippen LogP contribution in [0.2, 0.25) is 0 Å². The Bertz CT molecular complexity index is 728. The third kappa shape index (κ3) is 3.36. The summed E-state index contributed by atoms with van der Waals surface area (Å²) in [6.45, 7) is 0.200. The third-order valence-electron chi connectivity index (χ3n) is 4.51. The van der Waals surface area contributed by atoms with Crippen LogP contribution in [-0.4, -0.2) is 31.8 Å². The summed E-state index contributed by atoms with van der Waals surface area (Å²) in [4.78, 5) is 14.1. The predicted molar refractivity (Wildman–Crippen MR) is 96.5 cm³/mol. The fourth-order valence-corrected chi connectivity index (χ4v) is 3.10. The van der Waals surface area contributed by atoms with Crippen LogP contribution in [0.1, 0.15) is 17.5 Å². The normalized spacial score (nSPS) is 18.8. The number of rotatable bonds is 4. The summed E-state index contributed by atoms with van der Waals surface area (Å²) in [5.74, 6) is 0. The van der Waals surface area contributed by atoms with Crippen LogP contribution in [0.15, 0.2) is 48.5 Å². The number of anilines is 2. The molecule has 1 atom stereocenters. The van der Waals surface area contributed by atoms with Crippen molar-refractivity contribution in [3.05, 3.63) is 59.7 Å². The Morgan fingerprint density at radius 2 is 1.88 bits per heavy atom. The molecule has 3 rings (SSSR count). The topological polar surface area (TPSA) is 64.6 Å². The van der Waals surface area contributed by atoms with Gasteiger partial charge >= 0.3 is 6.03 Å². The van der Waals surface area contributed by atoms with Crippen molar-refractivity contribution in [1.29, 1.82) is 0 Å². The molecule has 0 bridgehead atoms. The number of amides is 2. The van der Waals surface area contributed by atoms with E-state index >= 15 is 0 Å². The summed E-state index contributed by atoms with van der Waals surface area (Å²) >= 11 is 0. The van der Waals surface area contributed by atoms with E-state index in [9.17, 15) is 9.90 Å². The van der Waals surface area contributed by atoms with Crippen molar-refractivity contribution < 1.29 is 9.90 Å². The number of carbonyl (C=O) groups excluding carboxylic acids is 1. The first-order valence-electron chi connectivity index (χ1n) is 8.11. The van der Waals surface area contributed by atoms with Gasteiger partial charge in [-0.05, 0) is 48.2 Å². The fourth-order valence-electron chi connectivity index (χ4n) is 3.10.